The first kappa shape index (κ1) is 29.4. The van der Waals surface area contributed by atoms with Crippen LogP contribution in [-0.2, 0) is 33.6 Å². The molecule has 0 amide bonds. The van der Waals surface area contributed by atoms with Crippen molar-refractivity contribution in [3.05, 3.63) is 22.8 Å². The van der Waals surface area contributed by atoms with E-state index in [1.165, 1.54) is 12.8 Å². The molecule has 1 rings (SSSR count). The van der Waals surface area contributed by atoms with Crippen LogP contribution < -0.4 is 4.57 Å². The largest absolute Gasteiger partial charge is 0.467 e. The van der Waals surface area contributed by atoms with Crippen molar-refractivity contribution >= 4 is 20.0 Å². The quantitative estimate of drug-likeness (QED) is 0.408. The lowest BCUT2D eigenvalue weighted by atomic mass is 10.3. The summed E-state index contributed by atoms with van der Waals surface area (Å²) in [5, 5.41) is -14.0. The minimum absolute atomic E-state index is 0.422. The van der Waals surface area contributed by atoms with Crippen LogP contribution in [0, 0.1) is 0 Å². The van der Waals surface area contributed by atoms with Crippen molar-refractivity contribution in [3.63, 3.8) is 0 Å². The first-order chi connectivity index (χ1) is 13.5. The van der Waals surface area contributed by atoms with Gasteiger partial charge in [-0.05, 0) is 6.42 Å². The Morgan fingerprint density at radius 2 is 1.23 bits per heavy atom. The summed E-state index contributed by atoms with van der Waals surface area (Å²) in [5.74, 6) is 0. The van der Waals surface area contributed by atoms with E-state index in [2.05, 4.69) is 34.8 Å². The number of imidazole rings is 1. The van der Waals surface area contributed by atoms with Crippen molar-refractivity contribution in [2.45, 2.75) is 49.2 Å². The van der Waals surface area contributed by atoms with Gasteiger partial charge in [0.05, 0.1) is 13.6 Å². The first-order valence-electron chi connectivity index (χ1n) is 7.67. The Morgan fingerprint density at radius 3 is 1.48 bits per heavy atom. The molecule has 31 heavy (non-hydrogen) atoms. The van der Waals surface area contributed by atoms with Crippen LogP contribution in [0.15, 0.2) is 18.7 Å². The van der Waals surface area contributed by atoms with Gasteiger partial charge < -0.3 is 4.13 Å². The fourth-order valence-corrected chi connectivity index (χ4v) is 3.86. The van der Waals surface area contributed by atoms with Gasteiger partial charge in [-0.1, -0.05) is 13.3 Å². The molecular formula is C12H15F10N3O4S2. The van der Waals surface area contributed by atoms with Gasteiger partial charge in [-0.15, -0.1) is 0 Å². The number of nitrogens with zero attached hydrogens (tertiary/aromatic N) is 3. The highest BCUT2D eigenvalue weighted by atomic mass is 32.3. The lowest BCUT2D eigenvalue weighted by Crippen LogP contribution is -2.48. The standard InChI is InChI=1S/C8H15N2.C4F10NO4S2/c1-3-4-5-10-7-6-9(2)8-10;5-1(6,7)3(11,12)20(16,17)15-21(18,19)4(13,14)2(8,9)10/h6-8H,3-5H2,1-2H3;/q+1;-1. The van der Waals surface area contributed by atoms with Crippen LogP contribution in [0.4, 0.5) is 43.9 Å². The zero-order valence-electron chi connectivity index (χ0n) is 15.4. The van der Waals surface area contributed by atoms with Gasteiger partial charge in [0.15, 0.2) is 20.0 Å². The molecule has 7 nitrogen and oxygen atoms in total. The van der Waals surface area contributed by atoms with E-state index in [0.717, 1.165) is 6.54 Å². The van der Waals surface area contributed by atoms with Gasteiger partial charge in [0.25, 0.3) is 0 Å². The summed E-state index contributed by atoms with van der Waals surface area (Å²) in [5.41, 5.74) is 0. The van der Waals surface area contributed by atoms with Gasteiger partial charge in [0.1, 0.15) is 12.4 Å². The Hall–Kier alpha value is -1.63. The van der Waals surface area contributed by atoms with Gasteiger partial charge >= 0.3 is 22.9 Å². The van der Waals surface area contributed by atoms with Crippen molar-refractivity contribution in [2.75, 3.05) is 0 Å². The van der Waals surface area contributed by atoms with Crippen LogP contribution in [0.3, 0.4) is 0 Å². The van der Waals surface area contributed by atoms with E-state index in [9.17, 15) is 60.7 Å². The lowest BCUT2D eigenvalue weighted by molar-refractivity contribution is -0.671. The number of halogens is 10. The normalized spacial score (nSPS) is 14.2. The summed E-state index contributed by atoms with van der Waals surface area (Å²) in [4.78, 5) is 0. The minimum atomic E-state index is -7.62. The molecule has 0 spiro atoms. The van der Waals surface area contributed by atoms with Crippen LogP contribution in [-0.4, -0.2) is 44.3 Å². The second kappa shape index (κ2) is 9.47. The number of sulfonamides is 2. The number of hydrogen-bond acceptors (Lipinski definition) is 4. The summed E-state index contributed by atoms with van der Waals surface area (Å²) in [6.45, 7) is 3.36. The molecule has 1 aromatic heterocycles. The summed E-state index contributed by atoms with van der Waals surface area (Å²) in [6, 6.07) is 0. The number of aryl methyl sites for hydroxylation is 2. The molecule has 0 aliphatic carbocycles. The Bertz CT molecular complexity index is 883. The predicted octanol–water partition coefficient (Wildman–Crippen LogP) is 3.44. The second-order valence-corrected chi connectivity index (χ2v) is 9.25. The van der Waals surface area contributed by atoms with E-state index in [1.807, 2.05) is 7.05 Å². The second-order valence-electron chi connectivity index (χ2n) is 5.72. The zero-order chi connectivity index (χ0) is 25.1. The van der Waals surface area contributed by atoms with Crippen LogP contribution in [0.25, 0.3) is 4.13 Å². The maximum Gasteiger partial charge on any atom is 0.467 e. The first-order valence-corrected chi connectivity index (χ1v) is 10.5. The van der Waals surface area contributed by atoms with Crippen LogP contribution in [0.5, 0.6) is 0 Å². The topological polar surface area (TPSA) is 91.2 Å². The van der Waals surface area contributed by atoms with E-state index in [4.69, 9.17) is 0 Å². The van der Waals surface area contributed by atoms with Crippen molar-refractivity contribution in [1.82, 2.24) is 4.57 Å². The highest BCUT2D eigenvalue weighted by Gasteiger charge is 2.68. The molecule has 0 aliphatic heterocycles. The highest BCUT2D eigenvalue weighted by Crippen LogP contribution is 2.47. The average Bonchev–Trinajstić information content (AvgIpc) is 2.95. The molecule has 0 atom stereocenters. The molecule has 0 radical (unpaired) electrons. The number of rotatable bonds is 7. The molecule has 0 saturated heterocycles. The Kier molecular flexibility index (Phi) is 8.97. The number of aromatic nitrogens is 2. The van der Waals surface area contributed by atoms with Crippen LogP contribution in [0.1, 0.15) is 19.8 Å². The van der Waals surface area contributed by atoms with Gasteiger partial charge in [0, 0.05) is 0 Å². The third-order valence-corrected chi connectivity index (χ3v) is 6.43. The SMILES string of the molecule is CCCCn1cc[n+](C)c1.O=S(=O)([N-]S(=O)(=O)C(F)(F)C(F)(F)F)C(F)(F)C(F)(F)F. The number of unbranched alkanes of at least 4 members (excludes halogenated alkanes) is 1. The average molecular weight is 519 g/mol. The van der Waals surface area contributed by atoms with E-state index >= 15 is 0 Å². The lowest BCUT2D eigenvalue weighted by Gasteiger charge is -2.31. The van der Waals surface area contributed by atoms with Gasteiger partial charge in [0.2, 0.25) is 6.33 Å². The van der Waals surface area contributed by atoms with Crippen LogP contribution in [0.2, 0.25) is 0 Å². The molecule has 0 unspecified atom stereocenters. The molecule has 184 valence electrons. The molecule has 0 aliphatic rings. The Balaban J connectivity index is 0.000000743. The van der Waals surface area contributed by atoms with Gasteiger partial charge in [-0.2, -0.15) is 43.9 Å². The Labute approximate surface area is 169 Å². The molecule has 0 bridgehead atoms. The minimum Gasteiger partial charge on any atom is -0.425 e. The number of hydrogen-bond donors (Lipinski definition) is 0. The molecule has 1 aromatic rings. The maximum absolute atomic E-state index is 12.3. The summed E-state index contributed by atoms with van der Waals surface area (Å²) in [7, 11) is -13.2. The predicted molar refractivity (Wildman–Crippen MR) is 83.7 cm³/mol. The monoisotopic (exact) mass is 519 g/mol. The molecule has 0 fully saturated rings. The summed E-state index contributed by atoms with van der Waals surface area (Å²) in [6.07, 6.45) is -5.19. The molecule has 0 N–H and O–H groups in total. The van der Waals surface area contributed by atoms with E-state index in [0.29, 0.717) is 4.13 Å². The Morgan fingerprint density at radius 1 is 0.839 bits per heavy atom. The smallest absolute Gasteiger partial charge is 0.425 e. The third kappa shape index (κ3) is 6.93. The number of alkyl halides is 10. The molecule has 1 heterocycles. The fraction of sp³-hybridized carbons (Fsp3) is 0.750. The van der Waals surface area contributed by atoms with Crippen LogP contribution >= 0.6 is 0 Å². The summed E-state index contributed by atoms with van der Waals surface area (Å²) >= 11 is 0. The van der Waals surface area contributed by atoms with Crippen molar-refractivity contribution in [3.8, 4) is 0 Å². The fourth-order valence-electron chi connectivity index (χ4n) is 1.49. The molecule has 19 heteroatoms. The van der Waals surface area contributed by atoms with Gasteiger partial charge in [-0.25, -0.2) is 26.0 Å². The van der Waals surface area contributed by atoms with E-state index in [-0.39, 0.29) is 0 Å². The molecule has 0 aromatic carbocycles. The van der Waals surface area contributed by atoms with Gasteiger partial charge in [-0.3, -0.25) is 0 Å². The van der Waals surface area contributed by atoms with E-state index in [1.54, 1.807) is 0 Å². The third-order valence-electron chi connectivity index (χ3n) is 3.10. The summed E-state index contributed by atoms with van der Waals surface area (Å²) < 4.78 is 165. The molecular weight excluding hydrogens is 504 g/mol. The van der Waals surface area contributed by atoms with Crippen molar-refractivity contribution in [2.24, 2.45) is 7.05 Å². The van der Waals surface area contributed by atoms with Crippen molar-refractivity contribution in [1.29, 1.82) is 0 Å². The van der Waals surface area contributed by atoms with E-state index < -0.39 is 42.9 Å². The molecule has 0 saturated carbocycles. The van der Waals surface area contributed by atoms with Crippen molar-refractivity contribution < 1.29 is 65.3 Å². The highest BCUT2D eigenvalue weighted by molar-refractivity contribution is 8.13. The zero-order valence-corrected chi connectivity index (χ0v) is 17.1. The maximum atomic E-state index is 12.3.